The van der Waals surface area contributed by atoms with Crippen LogP contribution in [-0.2, 0) is 0 Å². The highest BCUT2D eigenvalue weighted by molar-refractivity contribution is 6.32. The lowest BCUT2D eigenvalue weighted by Gasteiger charge is -2.16. The highest BCUT2D eigenvalue weighted by Gasteiger charge is 2.21. The zero-order valence-corrected chi connectivity index (χ0v) is 17.3. The van der Waals surface area contributed by atoms with E-state index in [9.17, 15) is 4.79 Å². The van der Waals surface area contributed by atoms with Crippen LogP contribution in [0.5, 0.6) is 5.75 Å². The number of fused-ring (bicyclic) bond motifs is 1. The van der Waals surface area contributed by atoms with Crippen molar-refractivity contribution in [2.24, 2.45) is 5.92 Å². The molecule has 1 aliphatic rings. The zero-order valence-electron chi connectivity index (χ0n) is 16.5. The summed E-state index contributed by atoms with van der Waals surface area (Å²) in [5.74, 6) is 2.43. The Morgan fingerprint density at radius 3 is 2.75 bits per heavy atom. The number of nitrogens with zero attached hydrogens (tertiary/aromatic N) is 1. The Kier molecular flexibility index (Phi) is 5.15. The zero-order chi connectivity index (χ0) is 19.8. The molecule has 0 amide bonds. The lowest BCUT2D eigenvalue weighted by molar-refractivity contribution is 0.303. The Balaban J connectivity index is 1.78. The van der Waals surface area contributed by atoms with Gasteiger partial charge in [-0.25, -0.2) is 4.98 Å². The van der Waals surface area contributed by atoms with Gasteiger partial charge in [0, 0.05) is 0 Å². The summed E-state index contributed by atoms with van der Waals surface area (Å²) in [4.78, 5) is 19.8. The van der Waals surface area contributed by atoms with Gasteiger partial charge in [0.1, 0.15) is 11.6 Å². The number of aromatic amines is 1. The van der Waals surface area contributed by atoms with Crippen LogP contribution >= 0.6 is 11.6 Å². The Morgan fingerprint density at radius 1 is 1.25 bits per heavy atom. The van der Waals surface area contributed by atoms with Gasteiger partial charge in [-0.05, 0) is 66.1 Å². The molecule has 0 radical (unpaired) electrons. The van der Waals surface area contributed by atoms with Crippen molar-refractivity contribution in [1.29, 1.82) is 0 Å². The van der Waals surface area contributed by atoms with Crippen molar-refractivity contribution in [2.75, 3.05) is 6.61 Å². The minimum Gasteiger partial charge on any atom is -0.492 e. The van der Waals surface area contributed by atoms with Gasteiger partial charge in [-0.1, -0.05) is 44.4 Å². The molecule has 1 aromatic heterocycles. The van der Waals surface area contributed by atoms with Crippen LogP contribution in [-0.4, -0.2) is 16.6 Å². The van der Waals surface area contributed by atoms with Crippen molar-refractivity contribution < 1.29 is 4.74 Å². The second-order valence-corrected chi connectivity index (χ2v) is 8.40. The van der Waals surface area contributed by atoms with E-state index in [0.717, 1.165) is 34.5 Å². The summed E-state index contributed by atoms with van der Waals surface area (Å²) in [6.07, 6.45) is 3.70. The molecule has 0 spiro atoms. The molecule has 4 rings (SSSR count). The molecule has 28 heavy (non-hydrogen) atoms. The molecule has 5 heteroatoms. The van der Waals surface area contributed by atoms with Gasteiger partial charge in [0.25, 0.3) is 5.56 Å². The van der Waals surface area contributed by atoms with Gasteiger partial charge in [-0.2, -0.15) is 0 Å². The van der Waals surface area contributed by atoms with Gasteiger partial charge in [0.15, 0.2) is 0 Å². The first-order valence-electron chi connectivity index (χ1n) is 9.89. The minimum absolute atomic E-state index is 0.117. The lowest BCUT2D eigenvalue weighted by atomic mass is 9.91. The summed E-state index contributed by atoms with van der Waals surface area (Å²) in [5.41, 5.74) is 3.77. The van der Waals surface area contributed by atoms with E-state index in [2.05, 4.69) is 23.8 Å². The number of ether oxygens (including phenoxy) is 1. The first-order chi connectivity index (χ1) is 13.4. The Morgan fingerprint density at radius 2 is 2.04 bits per heavy atom. The van der Waals surface area contributed by atoms with E-state index in [1.807, 2.05) is 30.3 Å². The van der Waals surface area contributed by atoms with E-state index in [4.69, 9.17) is 16.3 Å². The fourth-order valence-electron chi connectivity index (χ4n) is 3.57. The quantitative estimate of drug-likeness (QED) is 0.568. The molecule has 1 saturated carbocycles. The predicted octanol–water partition coefficient (Wildman–Crippen LogP) is 5.85. The van der Waals surface area contributed by atoms with Gasteiger partial charge in [-0.15, -0.1) is 0 Å². The molecule has 0 bridgehead atoms. The van der Waals surface area contributed by atoms with Gasteiger partial charge in [0.2, 0.25) is 0 Å². The molecule has 1 aliphatic carbocycles. The number of aromatic nitrogens is 2. The van der Waals surface area contributed by atoms with Crippen LogP contribution in [0.25, 0.3) is 22.0 Å². The monoisotopic (exact) mass is 396 g/mol. The topological polar surface area (TPSA) is 55.0 Å². The third kappa shape index (κ3) is 3.93. The number of H-pyrrole nitrogens is 1. The molecule has 0 atom stereocenters. The number of nitrogens with one attached hydrogen (secondary N) is 1. The molecule has 2 aromatic carbocycles. The molecular formula is C23H25ClN2O2. The molecule has 1 N–H and O–H groups in total. The summed E-state index contributed by atoms with van der Waals surface area (Å²) < 4.78 is 5.96. The molecular weight excluding hydrogens is 372 g/mol. The number of hydrogen-bond donors (Lipinski definition) is 1. The molecule has 0 unspecified atom stereocenters. The fraction of sp³-hybridized carbons (Fsp3) is 0.391. The van der Waals surface area contributed by atoms with Crippen LogP contribution in [0, 0.1) is 12.8 Å². The van der Waals surface area contributed by atoms with Crippen molar-refractivity contribution in [2.45, 2.75) is 46.0 Å². The van der Waals surface area contributed by atoms with E-state index in [1.54, 1.807) is 6.92 Å². The second kappa shape index (κ2) is 7.59. The van der Waals surface area contributed by atoms with Crippen molar-refractivity contribution >= 4 is 22.5 Å². The molecule has 146 valence electrons. The maximum absolute atomic E-state index is 12.5. The highest BCUT2D eigenvalue weighted by Crippen LogP contribution is 2.37. The van der Waals surface area contributed by atoms with Crippen LogP contribution in [0.4, 0.5) is 0 Å². The number of benzene rings is 2. The first kappa shape index (κ1) is 19.0. The second-order valence-electron chi connectivity index (χ2n) is 7.99. The SMILES string of the molecule is Cc1nc2cc(C(C)C)c(-c3ccc(Cl)c(OCCC4CC4)c3)cc2c(=O)[nH]1. The maximum atomic E-state index is 12.5. The fourth-order valence-corrected chi connectivity index (χ4v) is 3.74. The smallest absolute Gasteiger partial charge is 0.258 e. The molecule has 1 heterocycles. The molecule has 0 aliphatic heterocycles. The standard InChI is InChI=1S/C23H25ClN2O2/c1-13(2)17-12-21-19(23(27)26-14(3)25-21)11-18(17)16-6-7-20(24)22(10-16)28-9-8-15-4-5-15/h6-7,10-13,15H,4-5,8-9H2,1-3H3,(H,25,26,27). The first-order valence-corrected chi connectivity index (χ1v) is 10.3. The van der Waals surface area contributed by atoms with E-state index in [-0.39, 0.29) is 11.5 Å². The van der Waals surface area contributed by atoms with E-state index in [0.29, 0.717) is 28.6 Å². The van der Waals surface area contributed by atoms with Crippen molar-refractivity contribution in [3.8, 4) is 16.9 Å². The number of hydrogen-bond acceptors (Lipinski definition) is 3. The van der Waals surface area contributed by atoms with Crippen molar-refractivity contribution in [1.82, 2.24) is 9.97 Å². The molecule has 3 aromatic rings. The number of halogens is 1. The largest absolute Gasteiger partial charge is 0.492 e. The van der Waals surface area contributed by atoms with Crippen LogP contribution < -0.4 is 10.3 Å². The van der Waals surface area contributed by atoms with Crippen LogP contribution in [0.2, 0.25) is 5.02 Å². The summed E-state index contributed by atoms with van der Waals surface area (Å²) in [5, 5.41) is 1.21. The van der Waals surface area contributed by atoms with Crippen molar-refractivity contribution in [3.63, 3.8) is 0 Å². The molecule has 4 nitrogen and oxygen atoms in total. The molecule has 1 fully saturated rings. The van der Waals surface area contributed by atoms with E-state index >= 15 is 0 Å². The molecule has 0 saturated heterocycles. The normalized spacial score (nSPS) is 14.0. The van der Waals surface area contributed by atoms with Gasteiger partial charge in [0.05, 0.1) is 22.5 Å². The average molecular weight is 397 g/mol. The van der Waals surface area contributed by atoms with Crippen LogP contribution in [0.1, 0.15) is 50.4 Å². The van der Waals surface area contributed by atoms with Crippen LogP contribution in [0.15, 0.2) is 35.1 Å². The Labute approximate surface area is 169 Å². The predicted molar refractivity (Wildman–Crippen MR) is 114 cm³/mol. The lowest BCUT2D eigenvalue weighted by Crippen LogP contribution is -2.10. The summed E-state index contributed by atoms with van der Waals surface area (Å²) in [7, 11) is 0. The van der Waals surface area contributed by atoms with Gasteiger partial charge >= 0.3 is 0 Å². The third-order valence-electron chi connectivity index (χ3n) is 5.34. The van der Waals surface area contributed by atoms with Crippen molar-refractivity contribution in [3.05, 3.63) is 57.1 Å². The third-order valence-corrected chi connectivity index (χ3v) is 5.65. The van der Waals surface area contributed by atoms with Crippen LogP contribution in [0.3, 0.4) is 0 Å². The Hall–Kier alpha value is -2.33. The summed E-state index contributed by atoms with van der Waals surface area (Å²) in [6.45, 7) is 6.78. The van der Waals surface area contributed by atoms with Gasteiger partial charge in [-0.3, -0.25) is 4.79 Å². The Bertz CT molecular complexity index is 1080. The van der Waals surface area contributed by atoms with E-state index < -0.39 is 0 Å². The van der Waals surface area contributed by atoms with Gasteiger partial charge < -0.3 is 9.72 Å². The van der Waals surface area contributed by atoms with E-state index in [1.165, 1.54) is 12.8 Å². The minimum atomic E-state index is -0.117. The highest BCUT2D eigenvalue weighted by atomic mass is 35.5. The average Bonchev–Trinajstić information content (AvgIpc) is 3.46. The summed E-state index contributed by atoms with van der Waals surface area (Å²) in [6, 6.07) is 9.80. The maximum Gasteiger partial charge on any atom is 0.258 e. The summed E-state index contributed by atoms with van der Waals surface area (Å²) >= 11 is 6.36. The number of aryl methyl sites for hydroxylation is 1. The number of rotatable bonds is 6.